The Labute approximate surface area is 239 Å². The van der Waals surface area contributed by atoms with E-state index in [1.54, 1.807) is 16.1 Å². The van der Waals surface area contributed by atoms with Crippen LogP contribution in [0.25, 0.3) is 0 Å². The molecule has 0 aromatic carbocycles. The molecule has 0 saturated carbocycles. The van der Waals surface area contributed by atoms with Crippen molar-refractivity contribution in [3.63, 3.8) is 0 Å². The van der Waals surface area contributed by atoms with Crippen molar-refractivity contribution in [2.75, 3.05) is 53.0 Å². The number of hydrogen-bond acceptors (Lipinski definition) is 6. The molecule has 2 amide bonds. The molecule has 1 fully saturated rings. The van der Waals surface area contributed by atoms with E-state index < -0.39 is 10.2 Å². The van der Waals surface area contributed by atoms with E-state index in [-0.39, 0.29) is 30.9 Å². The summed E-state index contributed by atoms with van der Waals surface area (Å²) in [6.45, 7) is 7.49. The molecule has 12 heteroatoms. The van der Waals surface area contributed by atoms with E-state index in [2.05, 4.69) is 24.3 Å². The van der Waals surface area contributed by atoms with Crippen LogP contribution in [0.2, 0.25) is 0 Å². The average molecular weight is 581 g/mol. The zero-order chi connectivity index (χ0) is 28.9. The number of fused-ring (bicyclic) bond motifs is 1. The predicted octanol–water partition coefficient (Wildman–Crippen LogP) is 1.97. The number of carbonyl (C=O) groups excluding carboxylic acids is 2. The summed E-state index contributed by atoms with van der Waals surface area (Å²) in [5.74, 6) is 0.659. The molecule has 4 rings (SSSR count). The Hall–Kier alpha value is -2.02. The Kier molecular flexibility index (Phi) is 10.6. The highest BCUT2D eigenvalue weighted by molar-refractivity contribution is 7.86. The van der Waals surface area contributed by atoms with Crippen molar-refractivity contribution < 1.29 is 22.7 Å². The van der Waals surface area contributed by atoms with Crippen LogP contribution in [-0.2, 0) is 39.6 Å². The summed E-state index contributed by atoms with van der Waals surface area (Å²) in [5.41, 5.74) is 2.43. The third-order valence-corrected chi connectivity index (χ3v) is 10.7. The molecule has 0 radical (unpaired) electrons. The Morgan fingerprint density at radius 2 is 1.73 bits per heavy atom. The minimum absolute atomic E-state index is 0.00728. The second-order valence-corrected chi connectivity index (χ2v) is 13.9. The zero-order valence-electron chi connectivity index (χ0n) is 24.7. The Balaban J connectivity index is 1.54. The molecule has 1 unspecified atom stereocenters. The van der Waals surface area contributed by atoms with E-state index in [9.17, 15) is 18.0 Å². The topological polar surface area (TPSA) is 117 Å². The fourth-order valence-electron chi connectivity index (χ4n) is 6.27. The van der Waals surface area contributed by atoms with Crippen LogP contribution >= 0.6 is 0 Å². The summed E-state index contributed by atoms with van der Waals surface area (Å²) < 4.78 is 37.5. The SMILES string of the molecule is COCC1CCN(S(=O)(=O)N2CCCNC(=O)c3nn(C)c4c3CC(CC4)N(CCC(C)C)C(=O)CCC2)CC1. The van der Waals surface area contributed by atoms with Crippen LogP contribution in [0.1, 0.15) is 80.5 Å². The number of nitrogens with one attached hydrogen (secondary N) is 1. The molecule has 2 bridgehead atoms. The number of carbonyl (C=O) groups is 2. The first-order chi connectivity index (χ1) is 19.1. The first-order valence-electron chi connectivity index (χ1n) is 15.0. The van der Waals surface area contributed by atoms with Gasteiger partial charge in [0.15, 0.2) is 5.69 Å². The first-order valence-corrected chi connectivity index (χ1v) is 16.4. The minimum Gasteiger partial charge on any atom is -0.384 e. The number of ether oxygens (including phenoxy) is 1. The summed E-state index contributed by atoms with van der Waals surface area (Å²) in [5, 5.41) is 7.53. The van der Waals surface area contributed by atoms with Gasteiger partial charge in [-0.05, 0) is 63.2 Å². The van der Waals surface area contributed by atoms with Gasteiger partial charge in [-0.1, -0.05) is 13.8 Å². The summed E-state index contributed by atoms with van der Waals surface area (Å²) in [6, 6.07) is 0.00728. The number of piperidine rings is 1. The van der Waals surface area contributed by atoms with Gasteiger partial charge in [0.05, 0.1) is 0 Å². The lowest BCUT2D eigenvalue weighted by molar-refractivity contribution is -0.134. The van der Waals surface area contributed by atoms with Gasteiger partial charge in [0.1, 0.15) is 0 Å². The maximum absolute atomic E-state index is 13.7. The van der Waals surface area contributed by atoms with E-state index in [4.69, 9.17) is 4.74 Å². The van der Waals surface area contributed by atoms with Crippen molar-refractivity contribution in [3.05, 3.63) is 17.0 Å². The van der Waals surface area contributed by atoms with Crippen molar-refractivity contribution in [1.82, 2.24) is 28.6 Å². The smallest absolute Gasteiger partial charge is 0.281 e. The summed E-state index contributed by atoms with van der Waals surface area (Å²) >= 11 is 0. The van der Waals surface area contributed by atoms with E-state index in [0.717, 1.165) is 43.4 Å². The van der Waals surface area contributed by atoms with Crippen LogP contribution in [0.5, 0.6) is 0 Å². The fraction of sp³-hybridized carbons (Fsp3) is 0.821. The molecule has 1 N–H and O–H groups in total. The van der Waals surface area contributed by atoms with Crippen LogP contribution in [0.4, 0.5) is 0 Å². The number of amides is 2. The molecule has 1 aliphatic carbocycles. The molecule has 226 valence electrons. The minimum atomic E-state index is -3.68. The highest BCUT2D eigenvalue weighted by Crippen LogP contribution is 2.29. The molecule has 1 atom stereocenters. The molecule has 3 aliphatic rings. The van der Waals surface area contributed by atoms with Crippen LogP contribution in [0, 0.1) is 11.8 Å². The lowest BCUT2D eigenvalue weighted by atomic mass is 9.89. The summed E-state index contributed by atoms with van der Waals surface area (Å²) in [7, 11) is -0.133. The monoisotopic (exact) mass is 580 g/mol. The third kappa shape index (κ3) is 7.24. The van der Waals surface area contributed by atoms with Gasteiger partial charge in [-0.25, -0.2) is 0 Å². The van der Waals surface area contributed by atoms with Gasteiger partial charge in [-0.3, -0.25) is 14.3 Å². The quantitative estimate of drug-likeness (QED) is 0.527. The van der Waals surface area contributed by atoms with Gasteiger partial charge < -0.3 is 15.0 Å². The normalized spacial score (nSPS) is 23.2. The highest BCUT2D eigenvalue weighted by atomic mass is 32.2. The molecule has 11 nitrogen and oxygen atoms in total. The van der Waals surface area contributed by atoms with Gasteiger partial charge >= 0.3 is 0 Å². The second-order valence-electron chi connectivity index (χ2n) is 12.0. The van der Waals surface area contributed by atoms with Crippen molar-refractivity contribution in [2.45, 2.75) is 77.7 Å². The maximum Gasteiger partial charge on any atom is 0.281 e. The third-order valence-electron chi connectivity index (χ3n) is 8.65. The number of hydrogen-bond donors (Lipinski definition) is 1. The van der Waals surface area contributed by atoms with Crippen molar-refractivity contribution >= 4 is 22.0 Å². The molecule has 0 spiro atoms. The van der Waals surface area contributed by atoms with Crippen LogP contribution in [0.3, 0.4) is 0 Å². The number of nitrogens with zero attached hydrogens (tertiary/aromatic N) is 5. The molecule has 1 aromatic rings. The predicted molar refractivity (Wildman–Crippen MR) is 153 cm³/mol. The largest absolute Gasteiger partial charge is 0.384 e. The van der Waals surface area contributed by atoms with Gasteiger partial charge in [0.2, 0.25) is 5.91 Å². The molecular weight excluding hydrogens is 532 g/mol. The Morgan fingerprint density at radius 3 is 2.42 bits per heavy atom. The Bertz CT molecular complexity index is 1130. The zero-order valence-corrected chi connectivity index (χ0v) is 25.5. The summed E-state index contributed by atoms with van der Waals surface area (Å²) in [4.78, 5) is 28.8. The van der Waals surface area contributed by atoms with Crippen molar-refractivity contribution in [1.29, 1.82) is 0 Å². The van der Waals surface area contributed by atoms with Gasteiger partial charge in [-0.15, -0.1) is 0 Å². The van der Waals surface area contributed by atoms with Crippen LogP contribution in [0.15, 0.2) is 0 Å². The first kappa shape index (κ1) is 30.9. The molecular formula is C28H48N6O5S. The standard InChI is InChI=1S/C28H48N6O5S/c1-21(2)10-18-34-23-8-9-25-24(19-23)27(30-31(25)3)28(36)29-13-6-15-32(14-5-7-26(34)35)40(37,38)33-16-11-22(12-17-33)20-39-4/h21-23H,5-20H2,1-4H3,(H,29,36). The van der Waals surface area contributed by atoms with Crippen LogP contribution in [-0.4, -0.2) is 103 Å². The second kappa shape index (κ2) is 13.8. The highest BCUT2D eigenvalue weighted by Gasteiger charge is 2.35. The van der Waals surface area contributed by atoms with E-state index >= 15 is 0 Å². The molecule has 2 aliphatic heterocycles. The number of aromatic nitrogens is 2. The molecule has 1 saturated heterocycles. The van der Waals surface area contributed by atoms with Gasteiger partial charge in [0, 0.05) is 83.8 Å². The van der Waals surface area contributed by atoms with E-state index in [1.807, 2.05) is 11.9 Å². The van der Waals surface area contributed by atoms with Crippen LogP contribution < -0.4 is 5.32 Å². The molecule has 3 heterocycles. The Morgan fingerprint density at radius 1 is 1.02 bits per heavy atom. The van der Waals surface area contributed by atoms with Crippen molar-refractivity contribution in [3.8, 4) is 0 Å². The lowest BCUT2D eigenvalue weighted by Crippen LogP contribution is -2.48. The fourth-order valence-corrected chi connectivity index (χ4v) is 7.99. The van der Waals surface area contributed by atoms with Crippen molar-refractivity contribution in [2.24, 2.45) is 18.9 Å². The maximum atomic E-state index is 13.7. The summed E-state index contributed by atoms with van der Waals surface area (Å²) in [6.07, 6.45) is 5.93. The van der Waals surface area contributed by atoms with E-state index in [1.165, 1.54) is 4.31 Å². The average Bonchev–Trinajstić information content (AvgIpc) is 3.25. The number of methoxy groups -OCH3 is 1. The van der Waals surface area contributed by atoms with Gasteiger partial charge in [0.25, 0.3) is 16.1 Å². The number of rotatable bonds is 7. The lowest BCUT2D eigenvalue weighted by Gasteiger charge is -2.36. The van der Waals surface area contributed by atoms with Gasteiger partial charge in [-0.2, -0.15) is 22.1 Å². The number of aryl methyl sites for hydroxylation is 1. The molecule has 1 aromatic heterocycles. The van der Waals surface area contributed by atoms with E-state index in [0.29, 0.717) is 76.0 Å². The molecule has 40 heavy (non-hydrogen) atoms.